The zero-order valence-electron chi connectivity index (χ0n) is 16.9. The van der Waals surface area contributed by atoms with Crippen LogP contribution in [0.3, 0.4) is 0 Å². The van der Waals surface area contributed by atoms with Crippen molar-refractivity contribution in [1.82, 2.24) is 19.9 Å². The van der Waals surface area contributed by atoms with Gasteiger partial charge in [0.2, 0.25) is 5.91 Å². The molecule has 0 unspecified atom stereocenters. The van der Waals surface area contributed by atoms with Gasteiger partial charge in [-0.15, -0.1) is 10.2 Å². The van der Waals surface area contributed by atoms with Gasteiger partial charge >= 0.3 is 0 Å². The van der Waals surface area contributed by atoms with Crippen LogP contribution in [-0.4, -0.2) is 32.2 Å². The summed E-state index contributed by atoms with van der Waals surface area (Å²) < 4.78 is 1.82. The highest BCUT2D eigenvalue weighted by molar-refractivity contribution is 7.99. The van der Waals surface area contributed by atoms with Crippen molar-refractivity contribution in [1.29, 1.82) is 0 Å². The van der Waals surface area contributed by atoms with Crippen molar-refractivity contribution in [3.05, 3.63) is 90.1 Å². The predicted octanol–water partition coefficient (Wildman–Crippen LogP) is 3.95. The van der Waals surface area contributed by atoms with E-state index in [9.17, 15) is 9.59 Å². The highest BCUT2D eigenvalue weighted by Gasteiger charge is 2.16. The number of carbonyl (C=O) groups excluding carboxylic acids is 2. The van der Waals surface area contributed by atoms with Gasteiger partial charge in [0.05, 0.1) is 23.0 Å². The van der Waals surface area contributed by atoms with Crippen molar-refractivity contribution in [2.75, 3.05) is 11.1 Å². The Hall–Kier alpha value is -3.65. The van der Waals surface area contributed by atoms with Crippen LogP contribution in [0.1, 0.15) is 28.9 Å². The summed E-state index contributed by atoms with van der Waals surface area (Å²) in [4.78, 5) is 25.4. The van der Waals surface area contributed by atoms with Crippen LogP contribution in [0.15, 0.2) is 84.1 Å². The molecule has 0 bridgehead atoms. The van der Waals surface area contributed by atoms with E-state index < -0.39 is 0 Å². The molecule has 2 heterocycles. The molecule has 4 rings (SSSR count). The van der Waals surface area contributed by atoms with Gasteiger partial charge in [0.15, 0.2) is 10.8 Å². The summed E-state index contributed by atoms with van der Waals surface area (Å²) in [5.41, 5.74) is 2.61. The molecule has 156 valence electrons. The van der Waals surface area contributed by atoms with Crippen LogP contribution in [0.2, 0.25) is 0 Å². The highest BCUT2D eigenvalue weighted by Crippen LogP contribution is 2.20. The van der Waals surface area contributed by atoms with Crippen LogP contribution in [-0.2, 0) is 4.79 Å². The molecule has 4 aromatic rings. The van der Waals surface area contributed by atoms with Gasteiger partial charge in [0.25, 0.3) is 5.91 Å². The van der Waals surface area contributed by atoms with E-state index in [1.54, 1.807) is 24.3 Å². The molecular weight excluding hydrogens is 410 g/mol. The van der Waals surface area contributed by atoms with Gasteiger partial charge in [-0.3, -0.25) is 14.0 Å². The van der Waals surface area contributed by atoms with Gasteiger partial charge in [0, 0.05) is 6.20 Å². The van der Waals surface area contributed by atoms with Crippen LogP contribution in [0.25, 0.3) is 5.65 Å². The lowest BCUT2D eigenvalue weighted by atomic mass is 10.1. The molecule has 8 heteroatoms. The SMILES string of the molecule is C[C@H](NC(=O)c1ccccc1NC(=O)CSc1nnc2ccccn12)c1ccccc1. The van der Waals surface area contributed by atoms with Crippen molar-refractivity contribution in [2.24, 2.45) is 0 Å². The number of rotatable bonds is 7. The molecule has 0 spiro atoms. The smallest absolute Gasteiger partial charge is 0.253 e. The number of anilines is 1. The topological polar surface area (TPSA) is 88.4 Å². The maximum absolute atomic E-state index is 12.8. The third-order valence-corrected chi connectivity index (χ3v) is 5.65. The van der Waals surface area contributed by atoms with Crippen LogP contribution < -0.4 is 10.6 Å². The summed E-state index contributed by atoms with van der Waals surface area (Å²) >= 11 is 1.28. The number of fused-ring (bicyclic) bond motifs is 1. The summed E-state index contributed by atoms with van der Waals surface area (Å²) in [6.07, 6.45) is 1.85. The minimum Gasteiger partial charge on any atom is -0.345 e. The van der Waals surface area contributed by atoms with Crippen LogP contribution >= 0.6 is 11.8 Å². The number of aromatic nitrogens is 3. The molecule has 2 amide bonds. The number of hydrogen-bond donors (Lipinski definition) is 2. The summed E-state index contributed by atoms with van der Waals surface area (Å²) in [6, 6.07) is 22.1. The van der Waals surface area contributed by atoms with Crippen molar-refractivity contribution < 1.29 is 9.59 Å². The van der Waals surface area contributed by atoms with E-state index in [4.69, 9.17) is 0 Å². The zero-order chi connectivity index (χ0) is 21.6. The van der Waals surface area contributed by atoms with E-state index in [1.807, 2.05) is 66.1 Å². The summed E-state index contributed by atoms with van der Waals surface area (Å²) in [6.45, 7) is 1.92. The molecule has 1 atom stereocenters. The largest absolute Gasteiger partial charge is 0.345 e. The average molecular weight is 432 g/mol. The Morgan fingerprint density at radius 1 is 0.968 bits per heavy atom. The number of thioether (sulfide) groups is 1. The molecule has 0 aliphatic carbocycles. The van der Waals surface area contributed by atoms with Crippen molar-refractivity contribution in [3.8, 4) is 0 Å². The van der Waals surface area contributed by atoms with Gasteiger partial charge in [-0.1, -0.05) is 60.3 Å². The molecule has 0 radical (unpaired) electrons. The normalized spacial score (nSPS) is 11.8. The van der Waals surface area contributed by atoms with E-state index >= 15 is 0 Å². The fraction of sp³-hybridized carbons (Fsp3) is 0.130. The van der Waals surface area contributed by atoms with Crippen molar-refractivity contribution >= 4 is 34.9 Å². The van der Waals surface area contributed by atoms with Crippen LogP contribution in [0.5, 0.6) is 0 Å². The van der Waals surface area contributed by atoms with E-state index in [0.717, 1.165) is 11.2 Å². The van der Waals surface area contributed by atoms with Crippen LogP contribution in [0, 0.1) is 0 Å². The third-order valence-electron chi connectivity index (χ3n) is 4.71. The fourth-order valence-electron chi connectivity index (χ4n) is 3.12. The molecule has 2 aromatic carbocycles. The van der Waals surface area contributed by atoms with E-state index in [0.29, 0.717) is 16.4 Å². The number of benzene rings is 2. The number of nitrogens with one attached hydrogen (secondary N) is 2. The summed E-state index contributed by atoms with van der Waals surface area (Å²) in [5.74, 6) is -0.330. The molecule has 31 heavy (non-hydrogen) atoms. The second-order valence-corrected chi connectivity index (χ2v) is 7.84. The first-order chi connectivity index (χ1) is 15.1. The minimum absolute atomic E-state index is 0.145. The van der Waals surface area contributed by atoms with E-state index in [-0.39, 0.29) is 23.6 Å². The number of carbonyl (C=O) groups is 2. The third kappa shape index (κ3) is 4.92. The van der Waals surface area contributed by atoms with Crippen molar-refractivity contribution in [3.63, 3.8) is 0 Å². The number of hydrogen-bond acceptors (Lipinski definition) is 5. The first-order valence-electron chi connectivity index (χ1n) is 9.79. The zero-order valence-corrected chi connectivity index (χ0v) is 17.7. The Morgan fingerprint density at radius 2 is 1.71 bits per heavy atom. The number of para-hydroxylation sites is 1. The highest BCUT2D eigenvalue weighted by atomic mass is 32.2. The lowest BCUT2D eigenvalue weighted by molar-refractivity contribution is -0.113. The average Bonchev–Trinajstić information content (AvgIpc) is 3.22. The summed E-state index contributed by atoms with van der Waals surface area (Å²) in [7, 11) is 0. The lowest BCUT2D eigenvalue weighted by Gasteiger charge is -2.16. The second-order valence-electron chi connectivity index (χ2n) is 6.90. The molecule has 2 aromatic heterocycles. The number of nitrogens with zero attached hydrogens (tertiary/aromatic N) is 3. The molecular formula is C23H21N5O2S. The van der Waals surface area contributed by atoms with Gasteiger partial charge in [-0.2, -0.15) is 0 Å². The standard InChI is InChI=1S/C23H21N5O2S/c1-16(17-9-3-2-4-10-17)24-22(30)18-11-5-6-12-19(18)25-21(29)15-31-23-27-26-20-13-7-8-14-28(20)23/h2-14,16H,15H2,1H3,(H,24,30)(H,25,29)/t16-/m0/s1. The fourth-order valence-corrected chi connectivity index (χ4v) is 3.85. The monoisotopic (exact) mass is 431 g/mol. The van der Waals surface area contributed by atoms with Gasteiger partial charge in [-0.25, -0.2) is 0 Å². The molecule has 0 aliphatic rings. The number of pyridine rings is 1. The van der Waals surface area contributed by atoms with Crippen molar-refractivity contribution in [2.45, 2.75) is 18.1 Å². The van der Waals surface area contributed by atoms with Gasteiger partial charge in [-0.05, 0) is 36.8 Å². The van der Waals surface area contributed by atoms with Gasteiger partial charge < -0.3 is 10.6 Å². The molecule has 0 aliphatic heterocycles. The summed E-state index contributed by atoms with van der Waals surface area (Å²) in [5, 5.41) is 14.6. The Morgan fingerprint density at radius 3 is 2.55 bits per heavy atom. The Bertz CT molecular complexity index is 1210. The molecule has 2 N–H and O–H groups in total. The van der Waals surface area contributed by atoms with Gasteiger partial charge in [0.1, 0.15) is 0 Å². The second kappa shape index (κ2) is 9.44. The lowest BCUT2D eigenvalue weighted by Crippen LogP contribution is -2.28. The van der Waals surface area contributed by atoms with Crippen LogP contribution in [0.4, 0.5) is 5.69 Å². The minimum atomic E-state index is -0.247. The molecule has 7 nitrogen and oxygen atoms in total. The predicted molar refractivity (Wildman–Crippen MR) is 121 cm³/mol. The first-order valence-corrected chi connectivity index (χ1v) is 10.8. The maximum Gasteiger partial charge on any atom is 0.253 e. The Balaban J connectivity index is 1.40. The maximum atomic E-state index is 12.8. The van der Waals surface area contributed by atoms with E-state index in [2.05, 4.69) is 20.8 Å². The quantitative estimate of drug-likeness (QED) is 0.433. The molecule has 0 saturated heterocycles. The molecule has 0 saturated carbocycles. The number of amides is 2. The first kappa shape index (κ1) is 20.6. The Kier molecular flexibility index (Phi) is 6.28. The Labute approximate surface area is 183 Å². The van der Waals surface area contributed by atoms with E-state index in [1.165, 1.54) is 11.8 Å². The molecule has 0 fully saturated rings.